The summed E-state index contributed by atoms with van der Waals surface area (Å²) < 4.78 is 5.79. The van der Waals surface area contributed by atoms with Crippen molar-refractivity contribution >= 4 is 23.5 Å². The van der Waals surface area contributed by atoms with E-state index in [1.54, 1.807) is 4.90 Å². The van der Waals surface area contributed by atoms with Gasteiger partial charge < -0.3 is 20.0 Å². The summed E-state index contributed by atoms with van der Waals surface area (Å²) in [6, 6.07) is 11.1. The minimum absolute atomic E-state index is 0.0408. The Morgan fingerprint density at radius 2 is 1.75 bits per heavy atom. The number of piperazine rings is 1. The van der Waals surface area contributed by atoms with Gasteiger partial charge in [0.15, 0.2) is 0 Å². The summed E-state index contributed by atoms with van der Waals surface area (Å²) in [5.74, 6) is 1.37. The van der Waals surface area contributed by atoms with Gasteiger partial charge in [-0.1, -0.05) is 11.6 Å². The van der Waals surface area contributed by atoms with E-state index in [1.807, 2.05) is 48.2 Å². The number of carbonyl (C=O) groups excluding carboxylic acids is 2. The van der Waals surface area contributed by atoms with Crippen LogP contribution >= 0.6 is 11.6 Å². The third-order valence-corrected chi connectivity index (χ3v) is 4.86. The van der Waals surface area contributed by atoms with E-state index < -0.39 is 0 Å². The van der Waals surface area contributed by atoms with Crippen LogP contribution in [0.1, 0.15) is 12.7 Å². The molecule has 0 atom stereocenters. The third kappa shape index (κ3) is 5.50. The molecule has 0 aliphatic carbocycles. The highest BCUT2D eigenvalue weighted by Gasteiger charge is 2.21. The molecule has 8 heteroatoms. The zero-order valence-corrected chi connectivity index (χ0v) is 16.7. The second kappa shape index (κ2) is 9.61. The van der Waals surface area contributed by atoms with Crippen LogP contribution in [0.5, 0.6) is 0 Å². The van der Waals surface area contributed by atoms with E-state index in [4.69, 9.17) is 16.0 Å². The molecule has 1 aromatic heterocycles. The van der Waals surface area contributed by atoms with Crippen LogP contribution < -0.4 is 10.6 Å². The molecule has 28 heavy (non-hydrogen) atoms. The Hall–Kier alpha value is -2.51. The molecule has 3 rings (SSSR count). The van der Waals surface area contributed by atoms with Crippen LogP contribution in [0.4, 0.5) is 4.79 Å². The number of urea groups is 1. The maximum absolute atomic E-state index is 12.2. The number of rotatable bonds is 6. The molecule has 0 spiro atoms. The average Bonchev–Trinajstić information content (AvgIpc) is 3.17. The molecule has 150 valence electrons. The van der Waals surface area contributed by atoms with Crippen molar-refractivity contribution in [2.75, 3.05) is 39.3 Å². The van der Waals surface area contributed by atoms with Gasteiger partial charge in [-0.05, 0) is 43.3 Å². The van der Waals surface area contributed by atoms with Gasteiger partial charge in [0.1, 0.15) is 11.5 Å². The van der Waals surface area contributed by atoms with Crippen molar-refractivity contribution < 1.29 is 14.0 Å². The molecule has 2 heterocycles. The number of amides is 3. The second-order valence-corrected chi connectivity index (χ2v) is 7.08. The van der Waals surface area contributed by atoms with Gasteiger partial charge in [-0.2, -0.15) is 0 Å². The quantitative estimate of drug-likeness (QED) is 0.775. The standard InChI is InChI=1S/C20H25ClN4O3/c1-2-22-20(27)25-11-9-24(10-12-25)14-19(26)23-13-17-7-8-18(28-17)15-3-5-16(21)6-4-15/h3-8H,2,9-14H2,1H3,(H,22,27)(H,23,26). The van der Waals surface area contributed by atoms with E-state index in [1.165, 1.54) is 0 Å². The molecule has 0 unspecified atom stereocenters. The van der Waals surface area contributed by atoms with Crippen LogP contribution in [0, 0.1) is 0 Å². The average molecular weight is 405 g/mol. The number of nitrogens with zero attached hydrogens (tertiary/aromatic N) is 2. The first-order valence-electron chi connectivity index (χ1n) is 9.41. The number of nitrogens with one attached hydrogen (secondary N) is 2. The fraction of sp³-hybridized carbons (Fsp3) is 0.400. The lowest BCUT2D eigenvalue weighted by Crippen LogP contribution is -2.53. The predicted molar refractivity (Wildman–Crippen MR) is 108 cm³/mol. The number of benzene rings is 1. The Morgan fingerprint density at radius 3 is 2.43 bits per heavy atom. The summed E-state index contributed by atoms with van der Waals surface area (Å²) in [4.78, 5) is 27.8. The van der Waals surface area contributed by atoms with Gasteiger partial charge in [-0.3, -0.25) is 9.69 Å². The van der Waals surface area contributed by atoms with Crippen molar-refractivity contribution in [3.63, 3.8) is 0 Å². The largest absolute Gasteiger partial charge is 0.459 e. The topological polar surface area (TPSA) is 77.8 Å². The Morgan fingerprint density at radius 1 is 1.04 bits per heavy atom. The molecule has 2 aromatic rings. The molecule has 1 saturated heterocycles. The summed E-state index contributed by atoms with van der Waals surface area (Å²) >= 11 is 5.90. The van der Waals surface area contributed by atoms with E-state index in [0.717, 1.165) is 11.3 Å². The highest BCUT2D eigenvalue weighted by Crippen LogP contribution is 2.23. The zero-order chi connectivity index (χ0) is 19.9. The van der Waals surface area contributed by atoms with E-state index in [9.17, 15) is 9.59 Å². The fourth-order valence-electron chi connectivity index (χ4n) is 3.06. The molecule has 3 amide bonds. The molecule has 2 N–H and O–H groups in total. The Balaban J connectivity index is 1.42. The molecule has 0 bridgehead atoms. The maximum Gasteiger partial charge on any atom is 0.317 e. The molecule has 1 aliphatic rings. The Labute approximate surface area is 169 Å². The predicted octanol–water partition coefficient (Wildman–Crippen LogP) is 2.56. The molecule has 0 radical (unpaired) electrons. The van der Waals surface area contributed by atoms with Crippen molar-refractivity contribution in [2.24, 2.45) is 0 Å². The maximum atomic E-state index is 12.2. The van der Waals surface area contributed by atoms with Crippen molar-refractivity contribution in [1.29, 1.82) is 0 Å². The molecular formula is C20H25ClN4O3. The minimum atomic E-state index is -0.0593. The van der Waals surface area contributed by atoms with Gasteiger partial charge in [0.05, 0.1) is 13.1 Å². The zero-order valence-electron chi connectivity index (χ0n) is 15.9. The summed E-state index contributed by atoms with van der Waals surface area (Å²) in [7, 11) is 0. The van der Waals surface area contributed by atoms with Crippen molar-refractivity contribution in [3.05, 3.63) is 47.2 Å². The van der Waals surface area contributed by atoms with Crippen molar-refractivity contribution in [1.82, 2.24) is 20.4 Å². The van der Waals surface area contributed by atoms with Gasteiger partial charge in [-0.15, -0.1) is 0 Å². The van der Waals surface area contributed by atoms with Crippen LogP contribution in [0.15, 0.2) is 40.8 Å². The molecule has 1 aliphatic heterocycles. The van der Waals surface area contributed by atoms with Crippen LogP contribution in [0.25, 0.3) is 11.3 Å². The minimum Gasteiger partial charge on any atom is -0.459 e. The summed E-state index contributed by atoms with van der Waals surface area (Å²) in [6.45, 7) is 5.80. The lowest BCUT2D eigenvalue weighted by Gasteiger charge is -2.34. The normalized spacial score (nSPS) is 14.7. The van der Waals surface area contributed by atoms with E-state index in [-0.39, 0.29) is 11.9 Å². The molecule has 1 aromatic carbocycles. The van der Waals surface area contributed by atoms with Gasteiger partial charge >= 0.3 is 6.03 Å². The smallest absolute Gasteiger partial charge is 0.317 e. The van der Waals surface area contributed by atoms with Crippen molar-refractivity contribution in [3.8, 4) is 11.3 Å². The first kappa shape index (κ1) is 20.2. The van der Waals surface area contributed by atoms with Crippen LogP contribution in [0.2, 0.25) is 5.02 Å². The number of hydrogen-bond donors (Lipinski definition) is 2. The third-order valence-electron chi connectivity index (χ3n) is 4.60. The molecule has 0 saturated carbocycles. The summed E-state index contributed by atoms with van der Waals surface area (Å²) in [6.07, 6.45) is 0. The van der Waals surface area contributed by atoms with Gasteiger partial charge in [0.2, 0.25) is 5.91 Å². The molecule has 1 fully saturated rings. The van der Waals surface area contributed by atoms with Gasteiger partial charge in [-0.25, -0.2) is 4.79 Å². The number of halogens is 1. The Bertz CT molecular complexity index is 798. The summed E-state index contributed by atoms with van der Waals surface area (Å²) in [5, 5.41) is 6.36. The van der Waals surface area contributed by atoms with Gasteiger partial charge in [0, 0.05) is 43.3 Å². The van der Waals surface area contributed by atoms with Crippen molar-refractivity contribution in [2.45, 2.75) is 13.5 Å². The lowest BCUT2D eigenvalue weighted by atomic mass is 10.2. The number of hydrogen-bond acceptors (Lipinski definition) is 4. The highest BCUT2D eigenvalue weighted by atomic mass is 35.5. The van der Waals surface area contributed by atoms with Gasteiger partial charge in [0.25, 0.3) is 0 Å². The number of carbonyl (C=O) groups is 2. The van der Waals surface area contributed by atoms with E-state index in [2.05, 4.69) is 10.6 Å². The highest BCUT2D eigenvalue weighted by molar-refractivity contribution is 6.30. The first-order valence-corrected chi connectivity index (χ1v) is 9.79. The SMILES string of the molecule is CCNC(=O)N1CCN(CC(=O)NCc2ccc(-c3ccc(Cl)cc3)o2)CC1. The Kier molecular flexibility index (Phi) is 6.95. The molecular weight excluding hydrogens is 380 g/mol. The van der Waals surface area contributed by atoms with Crippen LogP contribution in [0.3, 0.4) is 0 Å². The monoisotopic (exact) mass is 404 g/mol. The lowest BCUT2D eigenvalue weighted by molar-refractivity contribution is -0.122. The van der Waals surface area contributed by atoms with Crippen LogP contribution in [-0.4, -0.2) is 61.0 Å². The van der Waals surface area contributed by atoms with E-state index in [0.29, 0.717) is 56.6 Å². The fourth-order valence-corrected chi connectivity index (χ4v) is 3.19. The van der Waals surface area contributed by atoms with E-state index >= 15 is 0 Å². The van der Waals surface area contributed by atoms with Crippen LogP contribution in [-0.2, 0) is 11.3 Å². The summed E-state index contributed by atoms with van der Waals surface area (Å²) in [5.41, 5.74) is 0.937. The number of furan rings is 1. The molecule has 7 nitrogen and oxygen atoms in total. The first-order chi connectivity index (χ1) is 13.5. The second-order valence-electron chi connectivity index (χ2n) is 6.65.